The van der Waals surface area contributed by atoms with Crippen molar-refractivity contribution < 1.29 is 4.74 Å². The third-order valence-corrected chi connectivity index (χ3v) is 4.52. The van der Waals surface area contributed by atoms with Gasteiger partial charge in [0.15, 0.2) is 0 Å². The summed E-state index contributed by atoms with van der Waals surface area (Å²) in [6, 6.07) is 2.43. The first-order chi connectivity index (χ1) is 10.1. The van der Waals surface area contributed by atoms with Crippen molar-refractivity contribution in [3.8, 4) is 6.07 Å². The highest BCUT2D eigenvalue weighted by Crippen LogP contribution is 2.18. The van der Waals surface area contributed by atoms with Crippen molar-refractivity contribution in [2.45, 2.75) is 57.9 Å². The van der Waals surface area contributed by atoms with Gasteiger partial charge in [-0.3, -0.25) is 5.32 Å². The number of likely N-dealkylation sites (tertiary alicyclic amines) is 1. The molecule has 1 heterocycles. The van der Waals surface area contributed by atoms with Gasteiger partial charge in [0.2, 0.25) is 0 Å². The van der Waals surface area contributed by atoms with Crippen LogP contribution < -0.4 is 5.32 Å². The van der Waals surface area contributed by atoms with Gasteiger partial charge >= 0.3 is 0 Å². The molecule has 0 saturated carbocycles. The molecule has 4 nitrogen and oxygen atoms in total. The fraction of sp³-hybridized carbons (Fsp3) is 0.941. The van der Waals surface area contributed by atoms with Crippen LogP contribution in [0.15, 0.2) is 0 Å². The Hall–Kier alpha value is -0.630. The van der Waals surface area contributed by atoms with Crippen molar-refractivity contribution in [1.29, 1.82) is 5.26 Å². The number of nitriles is 1. The monoisotopic (exact) mass is 295 g/mol. The lowest BCUT2D eigenvalue weighted by Gasteiger charge is -2.31. The molecule has 1 aliphatic rings. The first-order valence-corrected chi connectivity index (χ1v) is 8.51. The second-order valence-electron chi connectivity index (χ2n) is 6.57. The van der Waals surface area contributed by atoms with Crippen LogP contribution in [-0.4, -0.2) is 50.3 Å². The van der Waals surface area contributed by atoms with Crippen molar-refractivity contribution >= 4 is 0 Å². The quantitative estimate of drug-likeness (QED) is 0.630. The summed E-state index contributed by atoms with van der Waals surface area (Å²) < 4.78 is 5.24. The topological polar surface area (TPSA) is 48.3 Å². The molecule has 1 rings (SSSR count). The predicted octanol–water partition coefficient (Wildman–Crippen LogP) is 2.80. The molecule has 0 spiro atoms. The van der Waals surface area contributed by atoms with E-state index >= 15 is 0 Å². The lowest BCUT2D eigenvalue weighted by molar-refractivity contribution is 0.0986. The number of rotatable bonds is 10. The van der Waals surface area contributed by atoms with Crippen molar-refractivity contribution in [2.24, 2.45) is 5.92 Å². The minimum Gasteiger partial charge on any atom is -0.384 e. The summed E-state index contributed by atoms with van der Waals surface area (Å²) in [5, 5.41) is 12.7. The second-order valence-corrected chi connectivity index (χ2v) is 6.57. The van der Waals surface area contributed by atoms with Crippen LogP contribution in [0.1, 0.15) is 52.4 Å². The van der Waals surface area contributed by atoms with Crippen LogP contribution in [0.2, 0.25) is 0 Å². The fourth-order valence-corrected chi connectivity index (χ4v) is 3.01. The number of hydrogen-bond donors (Lipinski definition) is 1. The Balaban J connectivity index is 2.13. The van der Waals surface area contributed by atoms with E-state index in [0.717, 1.165) is 38.3 Å². The lowest BCUT2D eigenvalue weighted by atomic mass is 9.95. The Morgan fingerprint density at radius 1 is 1.33 bits per heavy atom. The molecule has 0 aromatic rings. The Morgan fingerprint density at radius 3 is 2.62 bits per heavy atom. The molecule has 0 amide bonds. The summed E-state index contributed by atoms with van der Waals surface area (Å²) in [6.45, 7) is 9.59. The summed E-state index contributed by atoms with van der Waals surface area (Å²) in [4.78, 5) is 2.56. The van der Waals surface area contributed by atoms with Crippen LogP contribution >= 0.6 is 0 Å². The average molecular weight is 295 g/mol. The van der Waals surface area contributed by atoms with Crippen molar-refractivity contribution in [3.63, 3.8) is 0 Å². The average Bonchev–Trinajstić information content (AvgIpc) is 2.51. The standard InChI is InChI=1S/C17H33N3O/c1-4-10-19-17(2,15-18)9-5-6-11-20-12-7-16(8-13-20)14-21-3/h16,19H,4-14H2,1-3H3. The molecule has 21 heavy (non-hydrogen) atoms. The molecule has 1 atom stereocenters. The van der Waals surface area contributed by atoms with Crippen molar-refractivity contribution in [2.75, 3.05) is 39.9 Å². The summed E-state index contributed by atoms with van der Waals surface area (Å²) in [6.07, 6.45) is 6.87. The van der Waals surface area contributed by atoms with E-state index in [0.29, 0.717) is 0 Å². The molecule has 1 unspecified atom stereocenters. The first kappa shape index (κ1) is 18.4. The fourth-order valence-electron chi connectivity index (χ4n) is 3.01. The van der Waals surface area contributed by atoms with E-state index in [-0.39, 0.29) is 5.54 Å². The molecule has 1 saturated heterocycles. The van der Waals surface area contributed by atoms with Gasteiger partial charge in [0, 0.05) is 13.7 Å². The van der Waals surface area contributed by atoms with E-state index in [2.05, 4.69) is 23.2 Å². The van der Waals surface area contributed by atoms with E-state index in [4.69, 9.17) is 4.74 Å². The Labute approximate surface area is 130 Å². The summed E-state index contributed by atoms with van der Waals surface area (Å²) in [5.74, 6) is 0.756. The number of hydrogen-bond acceptors (Lipinski definition) is 4. The van der Waals surface area contributed by atoms with Gasteiger partial charge in [-0.2, -0.15) is 5.26 Å². The molecular formula is C17H33N3O. The van der Waals surface area contributed by atoms with E-state index < -0.39 is 0 Å². The maximum absolute atomic E-state index is 9.30. The van der Waals surface area contributed by atoms with Gasteiger partial charge in [-0.1, -0.05) is 6.92 Å². The highest BCUT2D eigenvalue weighted by atomic mass is 16.5. The van der Waals surface area contributed by atoms with Gasteiger partial charge in [0.05, 0.1) is 6.07 Å². The minimum absolute atomic E-state index is 0.346. The molecule has 4 heteroatoms. The highest BCUT2D eigenvalue weighted by Gasteiger charge is 2.22. The molecular weight excluding hydrogens is 262 g/mol. The van der Waals surface area contributed by atoms with Gasteiger partial charge in [-0.15, -0.1) is 0 Å². The van der Waals surface area contributed by atoms with Gasteiger partial charge in [-0.05, 0) is 77.5 Å². The zero-order valence-electron chi connectivity index (χ0n) is 14.2. The predicted molar refractivity (Wildman–Crippen MR) is 87.2 cm³/mol. The first-order valence-electron chi connectivity index (χ1n) is 8.51. The molecule has 0 radical (unpaired) electrons. The number of methoxy groups -OCH3 is 1. The lowest BCUT2D eigenvalue weighted by Crippen LogP contribution is -2.41. The zero-order valence-corrected chi connectivity index (χ0v) is 14.2. The third kappa shape index (κ3) is 7.26. The SMILES string of the molecule is CCCNC(C)(C#N)CCCCN1CCC(COC)CC1. The Bertz CT molecular complexity index is 308. The molecule has 0 aromatic carbocycles. The second kappa shape index (κ2) is 10.2. The van der Waals surface area contributed by atoms with E-state index in [1.165, 1.54) is 38.9 Å². The summed E-state index contributed by atoms with van der Waals surface area (Å²) >= 11 is 0. The van der Waals surface area contributed by atoms with Gasteiger partial charge in [0.25, 0.3) is 0 Å². The van der Waals surface area contributed by atoms with Crippen LogP contribution in [0.5, 0.6) is 0 Å². The molecule has 1 aliphatic heterocycles. The summed E-state index contributed by atoms with van der Waals surface area (Å²) in [5.41, 5.74) is -0.346. The number of unbranched alkanes of at least 4 members (excludes halogenated alkanes) is 1. The van der Waals surface area contributed by atoms with E-state index in [1.54, 1.807) is 7.11 Å². The Morgan fingerprint density at radius 2 is 2.05 bits per heavy atom. The smallest absolute Gasteiger partial charge is 0.103 e. The summed E-state index contributed by atoms with van der Waals surface area (Å²) in [7, 11) is 1.80. The number of nitrogens with one attached hydrogen (secondary N) is 1. The molecule has 0 aliphatic carbocycles. The van der Waals surface area contributed by atoms with Crippen molar-refractivity contribution in [3.05, 3.63) is 0 Å². The number of piperidine rings is 1. The molecule has 0 bridgehead atoms. The normalized spacial score (nSPS) is 20.1. The van der Waals surface area contributed by atoms with Crippen LogP contribution in [0, 0.1) is 17.2 Å². The Kier molecular flexibility index (Phi) is 8.91. The minimum atomic E-state index is -0.346. The van der Waals surface area contributed by atoms with Crippen molar-refractivity contribution in [1.82, 2.24) is 10.2 Å². The molecule has 1 N–H and O–H groups in total. The third-order valence-electron chi connectivity index (χ3n) is 4.52. The number of nitrogens with zero attached hydrogens (tertiary/aromatic N) is 2. The molecule has 0 aromatic heterocycles. The molecule has 1 fully saturated rings. The van der Waals surface area contributed by atoms with Gasteiger partial charge < -0.3 is 9.64 Å². The highest BCUT2D eigenvalue weighted by molar-refractivity contribution is 5.03. The van der Waals surface area contributed by atoms with Crippen LogP contribution in [0.25, 0.3) is 0 Å². The van der Waals surface area contributed by atoms with E-state index in [9.17, 15) is 5.26 Å². The number of ether oxygens (including phenoxy) is 1. The molecule has 122 valence electrons. The zero-order chi connectivity index (χ0) is 15.6. The van der Waals surface area contributed by atoms with E-state index in [1.807, 2.05) is 6.92 Å². The van der Waals surface area contributed by atoms with Crippen LogP contribution in [-0.2, 0) is 4.74 Å². The van der Waals surface area contributed by atoms with Gasteiger partial charge in [0.1, 0.15) is 5.54 Å². The largest absolute Gasteiger partial charge is 0.384 e. The maximum atomic E-state index is 9.30. The van der Waals surface area contributed by atoms with Crippen LogP contribution in [0.4, 0.5) is 0 Å². The van der Waals surface area contributed by atoms with Crippen LogP contribution in [0.3, 0.4) is 0 Å². The van der Waals surface area contributed by atoms with Gasteiger partial charge in [-0.25, -0.2) is 0 Å². The maximum Gasteiger partial charge on any atom is 0.103 e.